The Morgan fingerprint density at radius 2 is 2.00 bits per heavy atom. The van der Waals surface area contributed by atoms with E-state index in [2.05, 4.69) is 0 Å². The van der Waals surface area contributed by atoms with Crippen LogP contribution in [0.2, 0.25) is 5.02 Å². The van der Waals surface area contributed by atoms with Gasteiger partial charge in [0.2, 0.25) is 0 Å². The fraction of sp³-hybridized carbons (Fsp3) is 0.571. The lowest BCUT2D eigenvalue weighted by Gasteiger charge is -2.24. The molecule has 17 heavy (non-hydrogen) atoms. The van der Waals surface area contributed by atoms with Crippen molar-refractivity contribution in [2.24, 2.45) is 5.92 Å². The third-order valence-corrected chi connectivity index (χ3v) is 3.94. The minimum Gasteiger partial charge on any atom is -0.388 e. The second-order valence-corrected chi connectivity index (χ2v) is 5.33. The minimum atomic E-state index is -0.638. The Labute approximate surface area is 107 Å². The first-order valence-corrected chi connectivity index (χ1v) is 6.67. The van der Waals surface area contributed by atoms with Gasteiger partial charge < -0.3 is 5.11 Å². The smallest absolute Gasteiger partial charge is 0.123 e. The van der Waals surface area contributed by atoms with Gasteiger partial charge in [-0.05, 0) is 30.5 Å². The van der Waals surface area contributed by atoms with E-state index >= 15 is 0 Å². The van der Waals surface area contributed by atoms with E-state index in [1.807, 2.05) is 0 Å². The maximum absolute atomic E-state index is 13.1. The van der Waals surface area contributed by atoms with E-state index in [-0.39, 0.29) is 5.82 Å². The average molecular weight is 257 g/mol. The Morgan fingerprint density at radius 3 is 2.71 bits per heavy atom. The van der Waals surface area contributed by atoms with Crippen LogP contribution in [0.3, 0.4) is 0 Å². The molecule has 1 aromatic rings. The van der Waals surface area contributed by atoms with Crippen molar-refractivity contribution in [3.8, 4) is 0 Å². The second-order valence-electron chi connectivity index (χ2n) is 4.92. The van der Waals surface area contributed by atoms with Gasteiger partial charge in [-0.3, -0.25) is 0 Å². The van der Waals surface area contributed by atoms with E-state index in [9.17, 15) is 9.50 Å². The van der Waals surface area contributed by atoms with Crippen LogP contribution in [0, 0.1) is 11.7 Å². The van der Waals surface area contributed by atoms with Gasteiger partial charge in [0.05, 0.1) is 6.10 Å². The van der Waals surface area contributed by atoms with Crippen LogP contribution in [0.15, 0.2) is 18.2 Å². The van der Waals surface area contributed by atoms with E-state index in [0.29, 0.717) is 22.9 Å². The van der Waals surface area contributed by atoms with Crippen LogP contribution in [-0.2, 0) is 0 Å². The molecule has 0 spiro atoms. The molecule has 1 atom stereocenters. The predicted octanol–water partition coefficient (Wildman–Crippen LogP) is 4.48. The maximum atomic E-state index is 13.1. The molecule has 2 rings (SSSR count). The molecule has 1 fully saturated rings. The van der Waals surface area contributed by atoms with E-state index in [1.54, 1.807) is 0 Å². The van der Waals surface area contributed by atoms with Gasteiger partial charge in [-0.1, -0.05) is 43.7 Å². The Hall–Kier alpha value is -0.600. The molecule has 3 heteroatoms. The maximum Gasteiger partial charge on any atom is 0.123 e. The summed E-state index contributed by atoms with van der Waals surface area (Å²) in [6.45, 7) is 0. The van der Waals surface area contributed by atoms with Crippen LogP contribution >= 0.6 is 11.6 Å². The molecule has 1 unspecified atom stereocenters. The Kier molecular flexibility index (Phi) is 4.41. The molecule has 1 aliphatic carbocycles. The van der Waals surface area contributed by atoms with Crippen LogP contribution in [0.1, 0.15) is 50.2 Å². The van der Waals surface area contributed by atoms with Crippen molar-refractivity contribution in [1.82, 2.24) is 0 Å². The molecular formula is C14H18ClFO. The lowest BCUT2D eigenvalue weighted by Crippen LogP contribution is -2.11. The largest absolute Gasteiger partial charge is 0.388 e. The van der Waals surface area contributed by atoms with Gasteiger partial charge >= 0.3 is 0 Å². The Bertz CT molecular complexity index is 374. The summed E-state index contributed by atoms with van der Waals surface area (Å²) >= 11 is 5.98. The van der Waals surface area contributed by atoms with E-state index in [0.717, 1.165) is 0 Å². The molecule has 94 valence electrons. The molecule has 1 aliphatic rings. The number of aliphatic hydroxyl groups is 1. The molecule has 0 bridgehead atoms. The van der Waals surface area contributed by atoms with Gasteiger partial charge in [0, 0.05) is 10.6 Å². The Morgan fingerprint density at radius 1 is 1.29 bits per heavy atom. The van der Waals surface area contributed by atoms with Gasteiger partial charge in [0.25, 0.3) is 0 Å². The van der Waals surface area contributed by atoms with Crippen LogP contribution < -0.4 is 0 Å². The Balaban J connectivity index is 2.02. The van der Waals surface area contributed by atoms with E-state index in [1.165, 1.54) is 50.3 Å². The van der Waals surface area contributed by atoms with Gasteiger partial charge in [-0.2, -0.15) is 0 Å². The molecule has 1 saturated carbocycles. The van der Waals surface area contributed by atoms with Crippen LogP contribution in [-0.4, -0.2) is 5.11 Å². The molecule has 1 N–H and O–H groups in total. The normalized spacial score (nSPS) is 19.2. The molecule has 1 nitrogen and oxygen atoms in total. The van der Waals surface area contributed by atoms with Crippen molar-refractivity contribution in [3.63, 3.8) is 0 Å². The zero-order chi connectivity index (χ0) is 12.3. The summed E-state index contributed by atoms with van der Waals surface area (Å²) in [4.78, 5) is 0. The minimum absolute atomic E-state index is 0.341. The summed E-state index contributed by atoms with van der Waals surface area (Å²) in [7, 11) is 0. The molecule has 0 aliphatic heterocycles. The van der Waals surface area contributed by atoms with E-state index < -0.39 is 6.10 Å². The second kappa shape index (κ2) is 5.83. The highest BCUT2D eigenvalue weighted by atomic mass is 35.5. The third-order valence-electron chi connectivity index (χ3n) is 3.60. The standard InChI is InChI=1S/C14H18ClFO/c15-13-7-6-11(16)9-12(13)14(17)8-10-4-2-1-3-5-10/h6-7,9-10,14,17H,1-5,8H2. The van der Waals surface area contributed by atoms with Crippen molar-refractivity contribution in [3.05, 3.63) is 34.6 Å². The molecule has 0 aromatic heterocycles. The average Bonchev–Trinajstić information content (AvgIpc) is 2.33. The van der Waals surface area contributed by atoms with Crippen molar-refractivity contribution >= 4 is 11.6 Å². The summed E-state index contributed by atoms with van der Waals surface area (Å²) < 4.78 is 13.1. The molecule has 0 amide bonds. The van der Waals surface area contributed by atoms with Gasteiger partial charge in [0.15, 0.2) is 0 Å². The van der Waals surface area contributed by atoms with Crippen molar-refractivity contribution in [1.29, 1.82) is 0 Å². The summed E-state index contributed by atoms with van der Waals surface area (Å²) in [5.41, 5.74) is 0.525. The van der Waals surface area contributed by atoms with E-state index in [4.69, 9.17) is 11.6 Å². The monoisotopic (exact) mass is 256 g/mol. The first-order valence-electron chi connectivity index (χ1n) is 6.30. The first-order chi connectivity index (χ1) is 8.16. The fourth-order valence-electron chi connectivity index (χ4n) is 2.64. The lowest BCUT2D eigenvalue weighted by molar-refractivity contribution is 0.131. The van der Waals surface area contributed by atoms with Crippen molar-refractivity contribution in [2.75, 3.05) is 0 Å². The number of halogens is 2. The summed E-state index contributed by atoms with van der Waals surface area (Å²) in [6.07, 6.45) is 6.19. The molecular weight excluding hydrogens is 239 g/mol. The van der Waals surface area contributed by atoms with Gasteiger partial charge in [0.1, 0.15) is 5.82 Å². The summed E-state index contributed by atoms with van der Waals surface area (Å²) in [5.74, 6) is 0.213. The summed E-state index contributed by atoms with van der Waals surface area (Å²) in [5, 5.41) is 10.6. The zero-order valence-corrected chi connectivity index (χ0v) is 10.6. The zero-order valence-electron chi connectivity index (χ0n) is 9.83. The number of hydrogen-bond acceptors (Lipinski definition) is 1. The molecule has 0 saturated heterocycles. The van der Waals surface area contributed by atoms with Crippen LogP contribution in [0.25, 0.3) is 0 Å². The molecule has 0 radical (unpaired) electrons. The first kappa shape index (κ1) is 12.8. The fourth-order valence-corrected chi connectivity index (χ4v) is 2.88. The highest BCUT2D eigenvalue weighted by Crippen LogP contribution is 2.34. The van der Waals surface area contributed by atoms with Crippen molar-refractivity contribution in [2.45, 2.75) is 44.6 Å². The predicted molar refractivity (Wildman–Crippen MR) is 67.6 cm³/mol. The lowest BCUT2D eigenvalue weighted by atomic mass is 9.84. The van der Waals surface area contributed by atoms with Gasteiger partial charge in [-0.15, -0.1) is 0 Å². The summed E-state index contributed by atoms with van der Waals surface area (Å²) in [6, 6.07) is 4.17. The number of aliphatic hydroxyl groups excluding tert-OH is 1. The highest BCUT2D eigenvalue weighted by molar-refractivity contribution is 6.31. The number of hydrogen-bond donors (Lipinski definition) is 1. The van der Waals surface area contributed by atoms with Gasteiger partial charge in [-0.25, -0.2) is 4.39 Å². The number of rotatable bonds is 3. The third kappa shape index (κ3) is 3.43. The SMILES string of the molecule is OC(CC1CCCCC1)c1cc(F)ccc1Cl. The number of benzene rings is 1. The topological polar surface area (TPSA) is 20.2 Å². The molecule has 1 aromatic carbocycles. The van der Waals surface area contributed by atoms with Crippen molar-refractivity contribution < 1.29 is 9.50 Å². The molecule has 0 heterocycles. The van der Waals surface area contributed by atoms with Crippen LogP contribution in [0.5, 0.6) is 0 Å². The highest BCUT2D eigenvalue weighted by Gasteiger charge is 2.20. The van der Waals surface area contributed by atoms with Crippen LogP contribution in [0.4, 0.5) is 4.39 Å². The quantitative estimate of drug-likeness (QED) is 0.845.